The van der Waals surface area contributed by atoms with E-state index in [0.717, 1.165) is 5.56 Å². The monoisotopic (exact) mass is 189 g/mol. The number of benzene rings is 1. The van der Waals surface area contributed by atoms with Gasteiger partial charge in [-0.3, -0.25) is 0 Å². The summed E-state index contributed by atoms with van der Waals surface area (Å²) in [4.78, 5) is 0. The molecule has 0 bridgehead atoms. The first-order valence-corrected chi connectivity index (χ1v) is 3.89. The van der Waals surface area contributed by atoms with Crippen LogP contribution in [0.2, 0.25) is 5.02 Å². The predicted molar refractivity (Wildman–Crippen MR) is 48.5 cm³/mol. The lowest BCUT2D eigenvalue weighted by Gasteiger charge is -2.07. The molecule has 11 heavy (non-hydrogen) atoms. The van der Waals surface area contributed by atoms with Gasteiger partial charge in [-0.15, -0.1) is 0 Å². The van der Waals surface area contributed by atoms with Gasteiger partial charge >= 0.3 is 0 Å². The minimum Gasteiger partial charge on any atom is -0.373 e. The minimum atomic E-state index is -0.740. The average molecular weight is 190 g/mol. The topological polar surface area (TPSA) is 32.3 Å². The van der Waals surface area contributed by atoms with Gasteiger partial charge in [-0.2, -0.15) is 0 Å². The molecule has 1 aromatic rings. The second-order valence-electron chi connectivity index (χ2n) is 2.08. The highest BCUT2D eigenvalue weighted by Gasteiger charge is 2.02. The molecule has 1 atom stereocenters. The predicted octanol–water partition coefficient (Wildman–Crippen LogP) is 1.77. The maximum atomic E-state index is 9.19. The third kappa shape index (κ3) is 2.38. The molecule has 0 aromatic heterocycles. The van der Waals surface area contributed by atoms with Crippen LogP contribution in [-0.4, -0.2) is 5.11 Å². The molecule has 60 valence electrons. The molecule has 2 nitrogen and oxygen atoms in total. The van der Waals surface area contributed by atoms with Crippen LogP contribution in [0.4, 0.5) is 0 Å². The lowest BCUT2D eigenvalue weighted by molar-refractivity contribution is 0.171. The fourth-order valence-electron chi connectivity index (χ4n) is 0.720. The van der Waals surface area contributed by atoms with E-state index >= 15 is 0 Å². The summed E-state index contributed by atoms with van der Waals surface area (Å²) in [6.07, 6.45) is -0.740. The van der Waals surface area contributed by atoms with Crippen LogP contribution in [0.15, 0.2) is 24.3 Å². The summed E-state index contributed by atoms with van der Waals surface area (Å²) < 4.78 is 2.41. The van der Waals surface area contributed by atoms with Crippen LogP contribution < -0.4 is 4.72 Å². The number of hydrogen-bond acceptors (Lipinski definition) is 3. The van der Waals surface area contributed by atoms with Crippen molar-refractivity contribution in [2.24, 2.45) is 0 Å². The number of thiol groups is 1. The van der Waals surface area contributed by atoms with Crippen LogP contribution in [0.5, 0.6) is 0 Å². The SMILES string of the molecule is OC(NS)c1ccc(Cl)cc1. The molecule has 0 aliphatic heterocycles. The van der Waals surface area contributed by atoms with Crippen molar-refractivity contribution in [3.63, 3.8) is 0 Å². The Balaban J connectivity index is 2.81. The van der Waals surface area contributed by atoms with Crippen LogP contribution in [-0.2, 0) is 0 Å². The first-order chi connectivity index (χ1) is 5.24. The second-order valence-corrected chi connectivity index (χ2v) is 2.78. The van der Waals surface area contributed by atoms with Crippen LogP contribution in [0.1, 0.15) is 11.8 Å². The normalized spacial score (nSPS) is 13.0. The Bertz CT molecular complexity index is 226. The maximum Gasteiger partial charge on any atom is 0.139 e. The molecule has 0 aliphatic carbocycles. The maximum absolute atomic E-state index is 9.19. The van der Waals surface area contributed by atoms with Crippen molar-refractivity contribution in [2.45, 2.75) is 6.23 Å². The Labute approximate surface area is 75.7 Å². The Kier molecular flexibility index (Phi) is 3.20. The van der Waals surface area contributed by atoms with Crippen LogP contribution >= 0.6 is 24.4 Å². The number of aliphatic hydroxyl groups is 1. The van der Waals surface area contributed by atoms with Gasteiger partial charge in [0.05, 0.1) is 0 Å². The van der Waals surface area contributed by atoms with E-state index in [-0.39, 0.29) is 0 Å². The van der Waals surface area contributed by atoms with Crippen molar-refractivity contribution in [1.29, 1.82) is 0 Å². The number of hydrogen-bond donors (Lipinski definition) is 3. The van der Waals surface area contributed by atoms with Crippen molar-refractivity contribution in [3.05, 3.63) is 34.9 Å². The zero-order valence-corrected chi connectivity index (χ0v) is 7.31. The third-order valence-electron chi connectivity index (χ3n) is 1.31. The molecule has 0 saturated carbocycles. The van der Waals surface area contributed by atoms with Crippen molar-refractivity contribution in [1.82, 2.24) is 4.72 Å². The van der Waals surface area contributed by atoms with Crippen LogP contribution in [0.3, 0.4) is 0 Å². The van der Waals surface area contributed by atoms with Gasteiger partial charge in [0.1, 0.15) is 6.23 Å². The largest absolute Gasteiger partial charge is 0.373 e. The van der Waals surface area contributed by atoms with Gasteiger partial charge < -0.3 is 5.11 Å². The first kappa shape index (κ1) is 8.87. The van der Waals surface area contributed by atoms with Gasteiger partial charge in [-0.05, 0) is 17.7 Å². The van der Waals surface area contributed by atoms with Gasteiger partial charge in [-0.1, -0.05) is 36.5 Å². The van der Waals surface area contributed by atoms with E-state index in [1.807, 2.05) is 0 Å². The molecule has 1 aromatic carbocycles. The second kappa shape index (κ2) is 3.97. The van der Waals surface area contributed by atoms with E-state index < -0.39 is 6.23 Å². The minimum absolute atomic E-state index is 0.653. The van der Waals surface area contributed by atoms with Crippen molar-refractivity contribution in [2.75, 3.05) is 0 Å². The van der Waals surface area contributed by atoms with Crippen LogP contribution in [0, 0.1) is 0 Å². The lowest BCUT2D eigenvalue weighted by atomic mass is 10.2. The highest BCUT2D eigenvalue weighted by atomic mass is 35.5. The Morgan fingerprint density at radius 2 is 1.91 bits per heavy atom. The molecule has 0 radical (unpaired) electrons. The Morgan fingerprint density at radius 1 is 1.36 bits per heavy atom. The fourth-order valence-corrected chi connectivity index (χ4v) is 0.995. The third-order valence-corrected chi connectivity index (χ3v) is 1.80. The van der Waals surface area contributed by atoms with E-state index in [1.165, 1.54) is 0 Å². The zero-order valence-electron chi connectivity index (χ0n) is 5.66. The smallest absolute Gasteiger partial charge is 0.139 e. The van der Waals surface area contributed by atoms with Gasteiger partial charge in [0.15, 0.2) is 0 Å². The molecule has 0 heterocycles. The summed E-state index contributed by atoms with van der Waals surface area (Å²) in [5.74, 6) is 0. The molecule has 0 aliphatic rings. The number of aliphatic hydroxyl groups excluding tert-OH is 1. The molecule has 0 fully saturated rings. The van der Waals surface area contributed by atoms with Crippen molar-refractivity contribution >= 4 is 24.4 Å². The van der Waals surface area contributed by atoms with Gasteiger partial charge in [0.25, 0.3) is 0 Å². The van der Waals surface area contributed by atoms with E-state index in [2.05, 4.69) is 17.5 Å². The summed E-state index contributed by atoms with van der Waals surface area (Å²) >= 11 is 9.36. The summed E-state index contributed by atoms with van der Waals surface area (Å²) in [5.41, 5.74) is 0.740. The first-order valence-electron chi connectivity index (χ1n) is 3.07. The highest BCUT2D eigenvalue weighted by molar-refractivity contribution is 7.78. The lowest BCUT2D eigenvalue weighted by Crippen LogP contribution is -2.09. The molecule has 0 spiro atoms. The Hall–Kier alpha value is -0.220. The van der Waals surface area contributed by atoms with Crippen molar-refractivity contribution in [3.8, 4) is 0 Å². The van der Waals surface area contributed by atoms with E-state index in [9.17, 15) is 5.11 Å². The zero-order chi connectivity index (χ0) is 8.27. The summed E-state index contributed by atoms with van der Waals surface area (Å²) in [6, 6.07) is 6.89. The summed E-state index contributed by atoms with van der Waals surface area (Å²) in [5, 5.41) is 9.84. The highest BCUT2D eigenvalue weighted by Crippen LogP contribution is 2.14. The van der Waals surface area contributed by atoms with Gasteiger partial charge in [0, 0.05) is 5.02 Å². The van der Waals surface area contributed by atoms with E-state index in [4.69, 9.17) is 11.6 Å². The van der Waals surface area contributed by atoms with E-state index in [1.54, 1.807) is 24.3 Å². The molecular weight excluding hydrogens is 182 g/mol. The van der Waals surface area contributed by atoms with E-state index in [0.29, 0.717) is 5.02 Å². The molecule has 0 saturated heterocycles. The molecule has 1 rings (SSSR count). The molecular formula is C7H8ClNOS. The average Bonchev–Trinajstić information content (AvgIpc) is 2.05. The van der Waals surface area contributed by atoms with Gasteiger partial charge in [0.2, 0.25) is 0 Å². The number of nitrogens with one attached hydrogen (secondary N) is 1. The summed E-state index contributed by atoms with van der Waals surface area (Å²) in [6.45, 7) is 0. The van der Waals surface area contributed by atoms with Crippen LogP contribution in [0.25, 0.3) is 0 Å². The molecule has 2 N–H and O–H groups in total. The number of rotatable bonds is 2. The standard InChI is InChI=1S/C7H8ClNOS/c8-6-3-1-5(2-4-6)7(10)9-11/h1-4,7,9-11H. The Morgan fingerprint density at radius 3 is 2.36 bits per heavy atom. The quantitative estimate of drug-likeness (QED) is 0.490. The summed E-state index contributed by atoms with van der Waals surface area (Å²) in [7, 11) is 0. The number of halogens is 1. The molecule has 4 heteroatoms. The van der Waals surface area contributed by atoms with Gasteiger partial charge in [-0.25, -0.2) is 4.72 Å². The molecule has 0 amide bonds. The fraction of sp³-hybridized carbons (Fsp3) is 0.143. The molecule has 1 unspecified atom stereocenters. The van der Waals surface area contributed by atoms with Crippen molar-refractivity contribution < 1.29 is 5.11 Å².